The Bertz CT molecular complexity index is 391. The van der Waals surface area contributed by atoms with Crippen LogP contribution in [0.25, 0.3) is 0 Å². The normalized spacial score (nSPS) is 10.7. The van der Waals surface area contributed by atoms with E-state index in [4.69, 9.17) is 0 Å². The largest absolute Gasteiger partial charge is 0.351 e. The number of carbonyl (C=O) groups is 1. The van der Waals surface area contributed by atoms with Crippen LogP contribution in [-0.2, 0) is 6.54 Å². The molecule has 0 saturated carbocycles. The van der Waals surface area contributed by atoms with E-state index in [1.807, 2.05) is 38.4 Å². The summed E-state index contributed by atoms with van der Waals surface area (Å²) in [5, 5.41) is 6.18. The second kappa shape index (κ2) is 8.67. The van der Waals surface area contributed by atoms with Crippen molar-refractivity contribution < 1.29 is 4.79 Å². The Balaban J connectivity index is 2.43. The highest BCUT2D eigenvalue weighted by atomic mass is 16.1. The number of benzene rings is 1. The lowest BCUT2D eigenvalue weighted by Gasteiger charge is -2.11. The van der Waals surface area contributed by atoms with Crippen molar-refractivity contribution in [1.29, 1.82) is 0 Å². The van der Waals surface area contributed by atoms with Crippen LogP contribution in [0.4, 0.5) is 0 Å². The fourth-order valence-corrected chi connectivity index (χ4v) is 1.84. The van der Waals surface area contributed by atoms with E-state index in [1.54, 1.807) is 0 Å². The molecule has 0 saturated heterocycles. The van der Waals surface area contributed by atoms with Gasteiger partial charge in [-0.05, 0) is 44.8 Å². The minimum absolute atomic E-state index is 0.00101. The van der Waals surface area contributed by atoms with E-state index in [0.717, 1.165) is 37.2 Å². The number of nitrogens with one attached hydrogen (secondary N) is 2. The van der Waals surface area contributed by atoms with Crippen LogP contribution in [0, 0.1) is 0 Å². The van der Waals surface area contributed by atoms with E-state index >= 15 is 0 Å². The van der Waals surface area contributed by atoms with Gasteiger partial charge >= 0.3 is 0 Å². The third-order valence-corrected chi connectivity index (χ3v) is 2.70. The molecule has 19 heavy (non-hydrogen) atoms. The number of carbonyl (C=O) groups excluding carboxylic acids is 1. The highest BCUT2D eigenvalue weighted by Crippen LogP contribution is 2.06. The van der Waals surface area contributed by atoms with Gasteiger partial charge in [-0.1, -0.05) is 19.1 Å². The quantitative estimate of drug-likeness (QED) is 0.698. The lowest BCUT2D eigenvalue weighted by atomic mass is 10.1. The monoisotopic (exact) mass is 263 g/mol. The van der Waals surface area contributed by atoms with Crippen molar-refractivity contribution in [3.05, 3.63) is 35.4 Å². The molecule has 0 atom stereocenters. The summed E-state index contributed by atoms with van der Waals surface area (Å²) in [6.07, 6.45) is 1.11. The Morgan fingerprint density at radius 3 is 2.68 bits per heavy atom. The van der Waals surface area contributed by atoms with E-state index in [-0.39, 0.29) is 5.91 Å². The smallest absolute Gasteiger partial charge is 0.251 e. The van der Waals surface area contributed by atoms with Gasteiger partial charge in [0, 0.05) is 25.2 Å². The van der Waals surface area contributed by atoms with E-state index in [0.29, 0.717) is 6.54 Å². The van der Waals surface area contributed by atoms with E-state index < -0.39 is 0 Å². The Morgan fingerprint density at radius 2 is 2.00 bits per heavy atom. The first-order valence-corrected chi connectivity index (χ1v) is 6.86. The molecule has 1 aromatic rings. The molecule has 1 rings (SSSR count). The molecular weight excluding hydrogens is 238 g/mol. The standard InChI is InChI=1S/C15H25N3O/c1-4-8-16-9-10-17-15(19)14-7-5-6-13(11-14)12-18(2)3/h5-7,11,16H,4,8-10,12H2,1-3H3,(H,17,19). The number of hydrogen-bond acceptors (Lipinski definition) is 3. The molecule has 0 fully saturated rings. The Morgan fingerprint density at radius 1 is 1.21 bits per heavy atom. The first kappa shape index (κ1) is 15.7. The highest BCUT2D eigenvalue weighted by Gasteiger charge is 2.05. The first-order valence-electron chi connectivity index (χ1n) is 6.86. The van der Waals surface area contributed by atoms with Crippen molar-refractivity contribution in [3.8, 4) is 0 Å². The molecule has 4 heteroatoms. The van der Waals surface area contributed by atoms with Crippen LogP contribution in [0.3, 0.4) is 0 Å². The molecule has 0 radical (unpaired) electrons. The van der Waals surface area contributed by atoms with Crippen LogP contribution in [0.5, 0.6) is 0 Å². The summed E-state index contributed by atoms with van der Waals surface area (Å²) in [6.45, 7) is 5.45. The maximum Gasteiger partial charge on any atom is 0.251 e. The van der Waals surface area contributed by atoms with Gasteiger partial charge in [-0.15, -0.1) is 0 Å². The van der Waals surface area contributed by atoms with Gasteiger partial charge in [0.2, 0.25) is 0 Å². The van der Waals surface area contributed by atoms with Crippen molar-refractivity contribution in [2.75, 3.05) is 33.7 Å². The molecular formula is C15H25N3O. The fraction of sp³-hybridized carbons (Fsp3) is 0.533. The van der Waals surface area contributed by atoms with Crippen LogP contribution in [0.1, 0.15) is 29.3 Å². The van der Waals surface area contributed by atoms with Crippen LogP contribution in [0.15, 0.2) is 24.3 Å². The predicted octanol–water partition coefficient (Wildman–Crippen LogP) is 1.48. The lowest BCUT2D eigenvalue weighted by Crippen LogP contribution is -2.32. The van der Waals surface area contributed by atoms with Gasteiger partial charge in [0.15, 0.2) is 0 Å². The molecule has 1 amide bonds. The zero-order chi connectivity index (χ0) is 14.1. The average Bonchev–Trinajstić information content (AvgIpc) is 2.38. The third-order valence-electron chi connectivity index (χ3n) is 2.70. The first-order chi connectivity index (χ1) is 9.13. The molecule has 0 aromatic heterocycles. The molecule has 0 spiro atoms. The summed E-state index contributed by atoms with van der Waals surface area (Å²) >= 11 is 0. The second-order valence-corrected chi connectivity index (χ2v) is 4.94. The third kappa shape index (κ3) is 6.36. The summed E-state index contributed by atoms with van der Waals surface area (Å²) in [4.78, 5) is 14.1. The highest BCUT2D eigenvalue weighted by molar-refractivity contribution is 5.94. The van der Waals surface area contributed by atoms with E-state index in [1.165, 1.54) is 0 Å². The molecule has 106 valence electrons. The van der Waals surface area contributed by atoms with Crippen LogP contribution < -0.4 is 10.6 Å². The van der Waals surface area contributed by atoms with E-state index in [2.05, 4.69) is 22.5 Å². The minimum Gasteiger partial charge on any atom is -0.351 e. The molecule has 2 N–H and O–H groups in total. The van der Waals surface area contributed by atoms with Gasteiger partial charge in [-0.3, -0.25) is 4.79 Å². The summed E-state index contributed by atoms with van der Waals surface area (Å²) < 4.78 is 0. The van der Waals surface area contributed by atoms with Crippen molar-refractivity contribution in [2.45, 2.75) is 19.9 Å². The molecule has 0 aliphatic rings. The van der Waals surface area contributed by atoms with Gasteiger partial charge in [-0.25, -0.2) is 0 Å². The Labute approximate surface area is 116 Å². The van der Waals surface area contributed by atoms with Crippen molar-refractivity contribution in [2.24, 2.45) is 0 Å². The number of nitrogens with zero attached hydrogens (tertiary/aromatic N) is 1. The minimum atomic E-state index is -0.00101. The molecule has 1 aromatic carbocycles. The van der Waals surface area contributed by atoms with Crippen LogP contribution in [0.2, 0.25) is 0 Å². The predicted molar refractivity (Wildman–Crippen MR) is 79.3 cm³/mol. The van der Waals surface area contributed by atoms with Gasteiger partial charge in [0.25, 0.3) is 5.91 Å². The molecule has 0 aliphatic heterocycles. The van der Waals surface area contributed by atoms with Crippen molar-refractivity contribution >= 4 is 5.91 Å². The zero-order valence-corrected chi connectivity index (χ0v) is 12.2. The van der Waals surface area contributed by atoms with Gasteiger partial charge in [0.1, 0.15) is 0 Å². The van der Waals surface area contributed by atoms with Gasteiger partial charge in [0.05, 0.1) is 0 Å². The molecule has 0 bridgehead atoms. The summed E-state index contributed by atoms with van der Waals surface area (Å²) in [7, 11) is 4.04. The zero-order valence-electron chi connectivity index (χ0n) is 12.2. The number of rotatable bonds is 8. The summed E-state index contributed by atoms with van der Waals surface area (Å²) in [5.41, 5.74) is 1.89. The molecule has 0 heterocycles. The second-order valence-electron chi connectivity index (χ2n) is 4.94. The Hall–Kier alpha value is -1.39. The van der Waals surface area contributed by atoms with Crippen LogP contribution >= 0.6 is 0 Å². The average molecular weight is 263 g/mol. The molecule has 0 aliphatic carbocycles. The van der Waals surface area contributed by atoms with E-state index in [9.17, 15) is 4.79 Å². The van der Waals surface area contributed by atoms with Crippen molar-refractivity contribution in [1.82, 2.24) is 15.5 Å². The lowest BCUT2D eigenvalue weighted by molar-refractivity contribution is 0.0954. The SMILES string of the molecule is CCCNCCNC(=O)c1cccc(CN(C)C)c1. The number of amides is 1. The topological polar surface area (TPSA) is 44.4 Å². The van der Waals surface area contributed by atoms with Crippen molar-refractivity contribution in [3.63, 3.8) is 0 Å². The Kier molecular flexibility index (Phi) is 7.15. The summed E-state index contributed by atoms with van der Waals surface area (Å²) in [6, 6.07) is 7.78. The fourth-order valence-electron chi connectivity index (χ4n) is 1.84. The summed E-state index contributed by atoms with van der Waals surface area (Å²) in [5.74, 6) is -0.00101. The number of hydrogen-bond donors (Lipinski definition) is 2. The van der Waals surface area contributed by atoms with Gasteiger partial charge in [-0.2, -0.15) is 0 Å². The maximum atomic E-state index is 12.0. The molecule has 0 unspecified atom stereocenters. The van der Waals surface area contributed by atoms with Gasteiger partial charge < -0.3 is 15.5 Å². The maximum absolute atomic E-state index is 12.0. The van der Waals surface area contributed by atoms with Crippen LogP contribution in [-0.4, -0.2) is 44.5 Å². The molecule has 4 nitrogen and oxygen atoms in total.